The summed E-state index contributed by atoms with van der Waals surface area (Å²) >= 11 is 5.83. The van der Waals surface area contributed by atoms with Crippen molar-refractivity contribution in [3.63, 3.8) is 0 Å². The Balaban J connectivity index is 1.78. The second-order valence-corrected chi connectivity index (χ2v) is 4.92. The summed E-state index contributed by atoms with van der Waals surface area (Å²) in [5.74, 6) is -0.0713. The standard InChI is InChI=1S/C15H12ClNO2/c16-10-7-5-9(6-8-10)14-15(19-14)13(18)11-3-1-2-4-12(11)17/h1-8,14-15H,17H2/t14-,15-/m0/s1. The number of halogens is 1. The van der Waals surface area contributed by atoms with Gasteiger partial charge in [0.2, 0.25) is 0 Å². The molecular weight excluding hydrogens is 262 g/mol. The van der Waals surface area contributed by atoms with Gasteiger partial charge in [-0.3, -0.25) is 4.79 Å². The zero-order valence-electron chi connectivity index (χ0n) is 10.0. The molecule has 3 rings (SSSR count). The predicted molar refractivity (Wildman–Crippen MR) is 74.3 cm³/mol. The quantitative estimate of drug-likeness (QED) is 0.531. The summed E-state index contributed by atoms with van der Waals surface area (Å²) in [7, 11) is 0. The van der Waals surface area contributed by atoms with E-state index in [4.69, 9.17) is 22.1 Å². The third kappa shape index (κ3) is 2.35. The van der Waals surface area contributed by atoms with E-state index in [0.29, 0.717) is 16.3 Å². The Kier molecular flexibility index (Phi) is 3.01. The van der Waals surface area contributed by atoms with Gasteiger partial charge in [-0.1, -0.05) is 35.9 Å². The van der Waals surface area contributed by atoms with Crippen LogP contribution >= 0.6 is 11.6 Å². The summed E-state index contributed by atoms with van der Waals surface area (Å²) in [5, 5.41) is 0.666. The average Bonchev–Trinajstić information content (AvgIpc) is 3.20. The van der Waals surface area contributed by atoms with E-state index in [2.05, 4.69) is 0 Å². The smallest absolute Gasteiger partial charge is 0.196 e. The summed E-state index contributed by atoms with van der Waals surface area (Å²) in [4.78, 5) is 12.2. The lowest BCUT2D eigenvalue weighted by Gasteiger charge is -2.01. The second-order valence-electron chi connectivity index (χ2n) is 4.48. The number of hydrogen-bond donors (Lipinski definition) is 1. The van der Waals surface area contributed by atoms with Crippen molar-refractivity contribution >= 4 is 23.1 Å². The normalized spacial score (nSPS) is 21.1. The molecule has 1 fully saturated rings. The van der Waals surface area contributed by atoms with Gasteiger partial charge in [-0.25, -0.2) is 0 Å². The Morgan fingerprint density at radius 3 is 2.47 bits per heavy atom. The third-order valence-corrected chi connectivity index (χ3v) is 3.43. The van der Waals surface area contributed by atoms with Crippen molar-refractivity contribution in [1.82, 2.24) is 0 Å². The molecule has 0 unspecified atom stereocenters. The van der Waals surface area contributed by atoms with Crippen LogP contribution in [-0.2, 0) is 4.74 Å². The molecule has 1 aliphatic heterocycles. The van der Waals surface area contributed by atoms with Crippen molar-refractivity contribution in [3.8, 4) is 0 Å². The number of ether oxygens (including phenoxy) is 1. The predicted octanol–water partition coefficient (Wildman–Crippen LogP) is 3.25. The van der Waals surface area contributed by atoms with Gasteiger partial charge in [-0.05, 0) is 29.8 Å². The van der Waals surface area contributed by atoms with Crippen molar-refractivity contribution < 1.29 is 9.53 Å². The monoisotopic (exact) mass is 273 g/mol. The van der Waals surface area contributed by atoms with E-state index in [1.165, 1.54) is 0 Å². The lowest BCUT2D eigenvalue weighted by molar-refractivity contribution is 0.0954. The molecule has 4 heteroatoms. The molecule has 1 heterocycles. The lowest BCUT2D eigenvalue weighted by Crippen LogP contribution is -2.10. The maximum atomic E-state index is 12.2. The molecule has 19 heavy (non-hydrogen) atoms. The van der Waals surface area contributed by atoms with Gasteiger partial charge in [-0.2, -0.15) is 0 Å². The van der Waals surface area contributed by atoms with Crippen molar-refractivity contribution in [1.29, 1.82) is 0 Å². The Morgan fingerprint density at radius 2 is 1.79 bits per heavy atom. The van der Waals surface area contributed by atoms with Crippen LogP contribution in [0.1, 0.15) is 22.0 Å². The number of hydrogen-bond acceptors (Lipinski definition) is 3. The molecule has 3 nitrogen and oxygen atoms in total. The molecule has 1 saturated heterocycles. The number of ketones is 1. The molecule has 0 radical (unpaired) electrons. The van der Waals surface area contributed by atoms with E-state index < -0.39 is 6.10 Å². The van der Waals surface area contributed by atoms with Gasteiger partial charge in [-0.15, -0.1) is 0 Å². The Labute approximate surface area is 115 Å². The van der Waals surface area contributed by atoms with Crippen LogP contribution < -0.4 is 5.73 Å². The number of carbonyl (C=O) groups is 1. The van der Waals surface area contributed by atoms with Gasteiger partial charge in [0.25, 0.3) is 0 Å². The molecular formula is C15H12ClNO2. The Hall–Kier alpha value is -1.84. The molecule has 0 saturated carbocycles. The highest BCUT2D eigenvalue weighted by atomic mass is 35.5. The summed E-state index contributed by atoms with van der Waals surface area (Å²) in [5.41, 5.74) is 7.75. The summed E-state index contributed by atoms with van der Waals surface area (Å²) in [6, 6.07) is 14.3. The summed E-state index contributed by atoms with van der Waals surface area (Å²) in [6.07, 6.45) is -0.629. The second kappa shape index (κ2) is 4.68. The highest BCUT2D eigenvalue weighted by Gasteiger charge is 2.46. The van der Waals surface area contributed by atoms with Crippen LogP contribution in [-0.4, -0.2) is 11.9 Å². The van der Waals surface area contributed by atoms with Crippen LogP contribution in [0.25, 0.3) is 0 Å². The first-order valence-electron chi connectivity index (χ1n) is 5.96. The van der Waals surface area contributed by atoms with Gasteiger partial charge >= 0.3 is 0 Å². The SMILES string of the molecule is Nc1ccccc1C(=O)[C@@H]1O[C@H]1c1ccc(Cl)cc1. The van der Waals surface area contributed by atoms with Gasteiger partial charge in [0.15, 0.2) is 11.9 Å². The number of para-hydroxylation sites is 1. The maximum Gasteiger partial charge on any atom is 0.196 e. The van der Waals surface area contributed by atoms with E-state index in [1.807, 2.05) is 12.1 Å². The van der Waals surface area contributed by atoms with Crippen molar-refractivity contribution in [3.05, 3.63) is 64.7 Å². The van der Waals surface area contributed by atoms with Gasteiger partial charge in [0, 0.05) is 16.3 Å². The fourth-order valence-corrected chi connectivity index (χ4v) is 2.22. The summed E-state index contributed by atoms with van der Waals surface area (Å²) < 4.78 is 5.47. The van der Waals surface area contributed by atoms with Crippen LogP contribution in [0, 0.1) is 0 Å². The van der Waals surface area contributed by atoms with Crippen molar-refractivity contribution in [2.24, 2.45) is 0 Å². The van der Waals surface area contributed by atoms with Gasteiger partial charge in [0.1, 0.15) is 6.10 Å². The number of epoxide rings is 1. The minimum Gasteiger partial charge on any atom is -0.398 e. The number of rotatable bonds is 3. The molecule has 0 aliphatic carbocycles. The Morgan fingerprint density at radius 1 is 1.11 bits per heavy atom. The van der Waals surface area contributed by atoms with Crippen molar-refractivity contribution in [2.45, 2.75) is 12.2 Å². The van der Waals surface area contributed by atoms with E-state index in [-0.39, 0.29) is 11.9 Å². The first-order chi connectivity index (χ1) is 9.16. The van der Waals surface area contributed by atoms with Crippen molar-refractivity contribution in [2.75, 3.05) is 5.73 Å². The molecule has 2 aromatic carbocycles. The van der Waals surface area contributed by atoms with E-state index in [0.717, 1.165) is 5.56 Å². The zero-order chi connectivity index (χ0) is 13.4. The minimum absolute atomic E-state index is 0.0713. The molecule has 0 bridgehead atoms. The van der Waals surface area contributed by atoms with Gasteiger partial charge < -0.3 is 10.5 Å². The van der Waals surface area contributed by atoms with Crippen LogP contribution in [0.2, 0.25) is 5.02 Å². The molecule has 96 valence electrons. The Bertz CT molecular complexity index is 624. The lowest BCUT2D eigenvalue weighted by atomic mass is 10.0. The number of anilines is 1. The largest absolute Gasteiger partial charge is 0.398 e. The molecule has 0 spiro atoms. The number of nitrogen functional groups attached to an aromatic ring is 1. The molecule has 1 aliphatic rings. The highest BCUT2D eigenvalue weighted by Crippen LogP contribution is 2.41. The van der Waals surface area contributed by atoms with Crippen LogP contribution in [0.5, 0.6) is 0 Å². The topological polar surface area (TPSA) is 55.6 Å². The number of benzene rings is 2. The molecule has 2 aromatic rings. The fraction of sp³-hybridized carbons (Fsp3) is 0.133. The van der Waals surface area contributed by atoms with E-state index >= 15 is 0 Å². The van der Waals surface area contributed by atoms with Crippen LogP contribution in [0.15, 0.2) is 48.5 Å². The van der Waals surface area contributed by atoms with E-state index in [9.17, 15) is 4.79 Å². The number of Topliss-reactive ketones (excluding diaryl/α,β-unsaturated/α-hetero) is 1. The highest BCUT2D eigenvalue weighted by molar-refractivity contribution is 6.30. The molecule has 0 aromatic heterocycles. The molecule has 0 amide bonds. The van der Waals surface area contributed by atoms with E-state index in [1.54, 1.807) is 36.4 Å². The summed E-state index contributed by atoms with van der Waals surface area (Å²) in [6.45, 7) is 0. The molecule has 2 N–H and O–H groups in total. The fourth-order valence-electron chi connectivity index (χ4n) is 2.09. The zero-order valence-corrected chi connectivity index (χ0v) is 10.8. The van der Waals surface area contributed by atoms with Gasteiger partial charge in [0.05, 0.1) is 0 Å². The first-order valence-corrected chi connectivity index (χ1v) is 6.34. The van der Waals surface area contributed by atoms with Crippen LogP contribution in [0.4, 0.5) is 5.69 Å². The maximum absolute atomic E-state index is 12.2. The molecule has 2 atom stereocenters. The minimum atomic E-state index is -0.439. The van der Waals surface area contributed by atoms with Crippen LogP contribution in [0.3, 0.4) is 0 Å². The number of nitrogens with two attached hydrogens (primary N) is 1. The average molecular weight is 274 g/mol. The number of carbonyl (C=O) groups excluding carboxylic acids is 1. The third-order valence-electron chi connectivity index (χ3n) is 3.17. The first kappa shape index (κ1) is 12.2.